The predicted molar refractivity (Wildman–Crippen MR) is 70.4 cm³/mol. The molecule has 1 unspecified atom stereocenters. The van der Waals surface area contributed by atoms with E-state index in [0.717, 1.165) is 11.1 Å². The van der Waals surface area contributed by atoms with Crippen LogP contribution >= 0.6 is 0 Å². The summed E-state index contributed by atoms with van der Waals surface area (Å²) in [6.07, 6.45) is 3.22. The molecule has 0 bridgehead atoms. The van der Waals surface area contributed by atoms with Crippen LogP contribution in [0.15, 0.2) is 36.7 Å². The predicted octanol–water partition coefficient (Wildman–Crippen LogP) is 2.02. The molecule has 1 aromatic carbocycles. The van der Waals surface area contributed by atoms with Gasteiger partial charge in [0.05, 0.1) is 12.6 Å². The summed E-state index contributed by atoms with van der Waals surface area (Å²) in [5, 5.41) is 0. The summed E-state index contributed by atoms with van der Waals surface area (Å²) in [5.41, 5.74) is 8.48. The summed E-state index contributed by atoms with van der Waals surface area (Å²) < 4.78 is 5.23. The SMILES string of the molecule is COc1nccnc1C(C)(N)c1cccc(C)c1. The van der Waals surface area contributed by atoms with Crippen molar-refractivity contribution in [2.24, 2.45) is 5.73 Å². The van der Waals surface area contributed by atoms with Gasteiger partial charge in [-0.15, -0.1) is 0 Å². The smallest absolute Gasteiger partial charge is 0.237 e. The number of aryl methyl sites for hydroxylation is 1. The van der Waals surface area contributed by atoms with E-state index in [4.69, 9.17) is 10.5 Å². The van der Waals surface area contributed by atoms with Gasteiger partial charge in [-0.2, -0.15) is 0 Å². The highest BCUT2D eigenvalue weighted by Gasteiger charge is 2.29. The number of rotatable bonds is 3. The third-order valence-electron chi connectivity index (χ3n) is 2.97. The minimum Gasteiger partial charge on any atom is -0.480 e. The zero-order valence-corrected chi connectivity index (χ0v) is 10.8. The molecule has 1 heterocycles. The van der Waals surface area contributed by atoms with Crippen molar-refractivity contribution in [2.45, 2.75) is 19.4 Å². The minimum atomic E-state index is -0.731. The molecule has 2 N–H and O–H groups in total. The van der Waals surface area contributed by atoms with Crippen molar-refractivity contribution in [3.63, 3.8) is 0 Å². The molecule has 1 aromatic heterocycles. The van der Waals surface area contributed by atoms with E-state index in [9.17, 15) is 0 Å². The maximum atomic E-state index is 6.42. The molecule has 0 spiro atoms. The Morgan fingerprint density at radius 2 is 1.94 bits per heavy atom. The number of methoxy groups -OCH3 is 1. The zero-order chi connectivity index (χ0) is 13.2. The lowest BCUT2D eigenvalue weighted by molar-refractivity contribution is 0.376. The van der Waals surface area contributed by atoms with E-state index in [1.165, 1.54) is 0 Å². The Bertz CT molecular complexity index is 552. The molecule has 0 aliphatic carbocycles. The normalized spacial score (nSPS) is 14.0. The first-order valence-electron chi connectivity index (χ1n) is 5.77. The second-order valence-electron chi connectivity index (χ2n) is 4.49. The lowest BCUT2D eigenvalue weighted by atomic mass is 9.88. The maximum Gasteiger partial charge on any atom is 0.237 e. The van der Waals surface area contributed by atoms with Crippen LogP contribution in [-0.4, -0.2) is 17.1 Å². The molecular weight excluding hydrogens is 226 g/mol. The van der Waals surface area contributed by atoms with E-state index < -0.39 is 5.54 Å². The Morgan fingerprint density at radius 1 is 1.22 bits per heavy atom. The van der Waals surface area contributed by atoms with E-state index >= 15 is 0 Å². The molecule has 1 atom stereocenters. The summed E-state index contributed by atoms with van der Waals surface area (Å²) in [6.45, 7) is 3.95. The van der Waals surface area contributed by atoms with Crippen molar-refractivity contribution >= 4 is 0 Å². The number of hydrogen-bond acceptors (Lipinski definition) is 4. The highest BCUT2D eigenvalue weighted by molar-refractivity contribution is 5.39. The number of aromatic nitrogens is 2. The summed E-state index contributed by atoms with van der Waals surface area (Å²) in [5.74, 6) is 0.462. The van der Waals surface area contributed by atoms with Gasteiger partial charge in [0, 0.05) is 12.4 Å². The van der Waals surface area contributed by atoms with Gasteiger partial charge in [0.2, 0.25) is 5.88 Å². The summed E-state index contributed by atoms with van der Waals surface area (Å²) in [7, 11) is 1.57. The van der Waals surface area contributed by atoms with Crippen LogP contribution in [0.1, 0.15) is 23.7 Å². The van der Waals surface area contributed by atoms with Crippen molar-refractivity contribution in [2.75, 3.05) is 7.11 Å². The third kappa shape index (κ3) is 2.19. The number of hydrogen-bond donors (Lipinski definition) is 1. The van der Waals surface area contributed by atoms with Crippen LogP contribution in [0.3, 0.4) is 0 Å². The quantitative estimate of drug-likeness (QED) is 0.895. The Balaban J connectivity index is 2.54. The summed E-state index contributed by atoms with van der Waals surface area (Å²) in [4.78, 5) is 8.46. The molecule has 0 saturated carbocycles. The van der Waals surface area contributed by atoms with Gasteiger partial charge in [0.25, 0.3) is 0 Å². The van der Waals surface area contributed by atoms with Gasteiger partial charge < -0.3 is 10.5 Å². The molecule has 0 aliphatic heterocycles. The monoisotopic (exact) mass is 243 g/mol. The molecule has 0 fully saturated rings. The maximum absolute atomic E-state index is 6.42. The Morgan fingerprint density at radius 3 is 2.61 bits per heavy atom. The van der Waals surface area contributed by atoms with Crippen LogP contribution in [0.5, 0.6) is 5.88 Å². The first-order chi connectivity index (χ1) is 8.55. The van der Waals surface area contributed by atoms with E-state index in [1.54, 1.807) is 19.5 Å². The summed E-state index contributed by atoms with van der Waals surface area (Å²) in [6, 6.07) is 8.06. The topological polar surface area (TPSA) is 61.0 Å². The molecular formula is C14H17N3O. The molecule has 4 nitrogen and oxygen atoms in total. The molecule has 94 valence electrons. The lowest BCUT2D eigenvalue weighted by Crippen LogP contribution is -2.36. The second kappa shape index (κ2) is 4.74. The molecule has 0 aliphatic rings. The van der Waals surface area contributed by atoms with Crippen molar-refractivity contribution in [1.82, 2.24) is 9.97 Å². The van der Waals surface area contributed by atoms with Crippen molar-refractivity contribution in [3.8, 4) is 5.88 Å². The Labute approximate surface area is 107 Å². The van der Waals surface area contributed by atoms with Crippen LogP contribution in [-0.2, 0) is 5.54 Å². The fourth-order valence-electron chi connectivity index (χ4n) is 1.94. The second-order valence-corrected chi connectivity index (χ2v) is 4.49. The van der Waals surface area contributed by atoms with E-state index in [0.29, 0.717) is 11.6 Å². The molecule has 0 amide bonds. The molecule has 18 heavy (non-hydrogen) atoms. The average Bonchev–Trinajstić information content (AvgIpc) is 2.38. The molecule has 2 aromatic rings. The molecule has 0 radical (unpaired) electrons. The van der Waals surface area contributed by atoms with Crippen LogP contribution < -0.4 is 10.5 Å². The van der Waals surface area contributed by atoms with Gasteiger partial charge in [-0.3, -0.25) is 4.98 Å². The van der Waals surface area contributed by atoms with E-state index in [-0.39, 0.29) is 0 Å². The highest BCUT2D eigenvalue weighted by Crippen LogP contribution is 2.30. The molecule has 4 heteroatoms. The standard InChI is InChI=1S/C14H17N3O/c1-10-5-4-6-11(9-10)14(2,15)12-13(18-3)17-8-7-16-12/h4-9H,15H2,1-3H3. The van der Waals surface area contributed by atoms with Crippen LogP contribution in [0.25, 0.3) is 0 Å². The molecule has 0 saturated heterocycles. The number of nitrogens with zero attached hydrogens (tertiary/aromatic N) is 2. The first-order valence-corrected chi connectivity index (χ1v) is 5.77. The fourth-order valence-corrected chi connectivity index (χ4v) is 1.94. The van der Waals surface area contributed by atoms with Crippen LogP contribution in [0, 0.1) is 6.92 Å². The zero-order valence-electron chi connectivity index (χ0n) is 10.8. The van der Waals surface area contributed by atoms with Gasteiger partial charge >= 0.3 is 0 Å². The van der Waals surface area contributed by atoms with Gasteiger partial charge in [-0.05, 0) is 19.4 Å². The highest BCUT2D eigenvalue weighted by atomic mass is 16.5. The minimum absolute atomic E-state index is 0.462. The van der Waals surface area contributed by atoms with Gasteiger partial charge in [0.1, 0.15) is 5.69 Å². The number of ether oxygens (including phenoxy) is 1. The van der Waals surface area contributed by atoms with Crippen molar-refractivity contribution in [1.29, 1.82) is 0 Å². The summed E-state index contributed by atoms with van der Waals surface area (Å²) >= 11 is 0. The van der Waals surface area contributed by atoms with Crippen LogP contribution in [0.4, 0.5) is 0 Å². The van der Waals surface area contributed by atoms with Gasteiger partial charge in [0.15, 0.2) is 0 Å². The average molecular weight is 243 g/mol. The van der Waals surface area contributed by atoms with Crippen molar-refractivity contribution in [3.05, 3.63) is 53.5 Å². The Hall–Kier alpha value is -1.94. The number of benzene rings is 1. The third-order valence-corrected chi connectivity index (χ3v) is 2.97. The Kier molecular flexibility index (Phi) is 3.30. The van der Waals surface area contributed by atoms with E-state index in [2.05, 4.69) is 9.97 Å². The fraction of sp³-hybridized carbons (Fsp3) is 0.286. The first kappa shape index (κ1) is 12.5. The van der Waals surface area contributed by atoms with Gasteiger partial charge in [-0.25, -0.2) is 4.98 Å². The van der Waals surface area contributed by atoms with Crippen molar-refractivity contribution < 1.29 is 4.74 Å². The van der Waals surface area contributed by atoms with Gasteiger partial charge in [-0.1, -0.05) is 29.8 Å². The number of nitrogens with two attached hydrogens (primary N) is 1. The van der Waals surface area contributed by atoms with E-state index in [1.807, 2.05) is 38.1 Å². The largest absolute Gasteiger partial charge is 0.480 e. The molecule has 2 rings (SSSR count). The lowest BCUT2D eigenvalue weighted by Gasteiger charge is -2.25. The van der Waals surface area contributed by atoms with Crippen LogP contribution in [0.2, 0.25) is 0 Å².